The summed E-state index contributed by atoms with van der Waals surface area (Å²) >= 11 is 6.82. The Balaban J connectivity index is 0.000000300. The smallest absolute Gasteiger partial charge is 0.308 e. The standard InChI is InChI=1S/C30H35ClN8O.C9H8O3/c1-37-12-14-38(15-13-37)20-7-9-21(10-8-20)39-30-27(29(32)33-18-34-30)28(36-39)19-6-11-24(23(31)16-19)35-25-17-40-26-5-3-2-4-22(25)26;1-7(11)12-9-5-3-2-4-8(9)6-10/h2-6,11,16,18,20-21,25,35H,7-10,12-15,17H2,1H3,(H2,32,33,34);2-6H,1H3. The van der Waals surface area contributed by atoms with Crippen LogP contribution in [0, 0.1) is 0 Å². The summed E-state index contributed by atoms with van der Waals surface area (Å²) in [5.41, 5.74) is 11.3. The second kappa shape index (κ2) is 15.7. The number of aldehydes is 1. The highest BCUT2D eigenvalue weighted by atomic mass is 35.5. The van der Waals surface area contributed by atoms with Gasteiger partial charge in [0.1, 0.15) is 35.9 Å². The van der Waals surface area contributed by atoms with E-state index in [1.807, 2.05) is 36.4 Å². The normalized spacial score (nSPS) is 20.3. The lowest BCUT2D eigenvalue weighted by Crippen LogP contribution is -2.49. The molecule has 0 amide bonds. The summed E-state index contributed by atoms with van der Waals surface area (Å²) in [4.78, 5) is 35.0. The minimum atomic E-state index is -0.427. The Morgan fingerprint density at radius 1 is 0.981 bits per heavy atom. The molecule has 8 rings (SSSR count). The molecule has 1 saturated carbocycles. The summed E-state index contributed by atoms with van der Waals surface area (Å²) in [5.74, 6) is 1.23. The van der Waals surface area contributed by atoms with Crippen LogP contribution in [-0.2, 0) is 4.79 Å². The SMILES string of the molecule is CC(=O)Oc1ccccc1C=O.CN1CCN(C2CCC(n3nc(-c4ccc(NC5COc6ccccc65)c(Cl)c4)c4c(N)ncnc43)CC2)CC1. The summed E-state index contributed by atoms with van der Waals surface area (Å²) in [6, 6.07) is 21.6. The van der Waals surface area contributed by atoms with E-state index in [9.17, 15) is 9.59 Å². The van der Waals surface area contributed by atoms with E-state index in [0.29, 0.717) is 41.1 Å². The van der Waals surface area contributed by atoms with Gasteiger partial charge in [-0.3, -0.25) is 14.5 Å². The minimum Gasteiger partial charge on any atom is -0.491 e. The first-order chi connectivity index (χ1) is 25.3. The Morgan fingerprint density at radius 2 is 1.71 bits per heavy atom. The number of nitrogens with one attached hydrogen (secondary N) is 1. The first kappa shape index (κ1) is 35.4. The van der Waals surface area contributed by atoms with Crippen LogP contribution >= 0.6 is 11.6 Å². The number of esters is 1. The number of fused-ring (bicyclic) bond motifs is 2. The number of para-hydroxylation sites is 2. The fourth-order valence-corrected chi connectivity index (χ4v) is 7.62. The predicted octanol–water partition coefficient (Wildman–Crippen LogP) is 6.43. The van der Waals surface area contributed by atoms with Crippen molar-refractivity contribution in [2.24, 2.45) is 0 Å². The number of hydrogen-bond donors (Lipinski definition) is 2. The maximum absolute atomic E-state index is 10.5. The molecule has 52 heavy (non-hydrogen) atoms. The third-order valence-corrected chi connectivity index (χ3v) is 10.5. The molecule has 2 aliphatic heterocycles. The molecule has 0 radical (unpaired) electrons. The highest BCUT2D eigenvalue weighted by Crippen LogP contribution is 2.40. The second-order valence-corrected chi connectivity index (χ2v) is 13.9. The Kier molecular flexibility index (Phi) is 10.7. The number of rotatable bonds is 7. The van der Waals surface area contributed by atoms with Crippen LogP contribution in [0.1, 0.15) is 60.6 Å². The lowest BCUT2D eigenvalue weighted by atomic mass is 9.90. The van der Waals surface area contributed by atoms with Crippen LogP contribution in [0.4, 0.5) is 11.5 Å². The Labute approximate surface area is 307 Å². The molecule has 0 spiro atoms. The molecule has 1 aliphatic carbocycles. The van der Waals surface area contributed by atoms with Crippen LogP contribution < -0.4 is 20.5 Å². The quantitative estimate of drug-likeness (QED) is 0.109. The van der Waals surface area contributed by atoms with Gasteiger partial charge in [0.2, 0.25) is 0 Å². The molecule has 4 heterocycles. The number of nitrogen functional groups attached to an aromatic ring is 1. The molecule has 12 nitrogen and oxygen atoms in total. The molecule has 2 fully saturated rings. The van der Waals surface area contributed by atoms with Gasteiger partial charge in [-0.15, -0.1) is 0 Å². The fraction of sp³-hybridized carbons (Fsp3) is 0.359. The summed E-state index contributed by atoms with van der Waals surface area (Å²) in [7, 11) is 2.21. The van der Waals surface area contributed by atoms with Crippen molar-refractivity contribution in [3.63, 3.8) is 0 Å². The highest BCUT2D eigenvalue weighted by molar-refractivity contribution is 6.33. The summed E-state index contributed by atoms with van der Waals surface area (Å²) < 4.78 is 12.7. The van der Waals surface area contributed by atoms with Crippen molar-refractivity contribution in [2.75, 3.05) is 50.9 Å². The largest absolute Gasteiger partial charge is 0.491 e. The minimum absolute atomic E-state index is 0.0459. The van der Waals surface area contributed by atoms with Gasteiger partial charge < -0.3 is 25.4 Å². The van der Waals surface area contributed by atoms with Gasteiger partial charge >= 0.3 is 5.97 Å². The number of nitrogens with two attached hydrogens (primary N) is 1. The summed E-state index contributed by atoms with van der Waals surface area (Å²) in [5, 5.41) is 10.1. The van der Waals surface area contributed by atoms with Crippen molar-refractivity contribution in [1.82, 2.24) is 29.5 Å². The molecule has 1 atom stereocenters. The number of halogens is 1. The van der Waals surface area contributed by atoms with Gasteiger partial charge in [-0.05, 0) is 63.1 Å². The number of ether oxygens (including phenoxy) is 2. The van der Waals surface area contributed by atoms with Crippen molar-refractivity contribution in [3.05, 3.63) is 89.2 Å². The first-order valence-electron chi connectivity index (χ1n) is 17.7. The van der Waals surface area contributed by atoms with E-state index in [4.69, 9.17) is 31.9 Å². The number of aromatic nitrogens is 4. The van der Waals surface area contributed by atoms with Crippen LogP contribution in [0.15, 0.2) is 73.1 Å². The summed E-state index contributed by atoms with van der Waals surface area (Å²) in [6.45, 7) is 6.50. The van der Waals surface area contributed by atoms with Crippen molar-refractivity contribution >= 4 is 46.4 Å². The van der Waals surface area contributed by atoms with Gasteiger partial charge in [0.25, 0.3) is 0 Å². The van der Waals surface area contributed by atoms with Gasteiger partial charge in [-0.1, -0.05) is 48.0 Å². The van der Waals surface area contributed by atoms with E-state index in [-0.39, 0.29) is 12.1 Å². The topological polar surface area (TPSA) is 141 Å². The van der Waals surface area contributed by atoms with Crippen molar-refractivity contribution in [1.29, 1.82) is 0 Å². The predicted molar refractivity (Wildman–Crippen MR) is 202 cm³/mol. The van der Waals surface area contributed by atoms with Gasteiger partial charge in [0, 0.05) is 50.3 Å². The Bertz CT molecular complexity index is 2060. The monoisotopic (exact) mass is 722 g/mol. The number of nitrogens with zero attached hydrogens (tertiary/aromatic N) is 6. The zero-order valence-corrected chi connectivity index (χ0v) is 30.1. The van der Waals surface area contributed by atoms with Crippen LogP contribution in [0.2, 0.25) is 5.02 Å². The Morgan fingerprint density at radius 3 is 2.46 bits per heavy atom. The molecule has 13 heteroatoms. The Hall–Kier alpha value is -5.04. The molecular weight excluding hydrogens is 680 g/mol. The number of piperazine rings is 1. The van der Waals surface area contributed by atoms with Gasteiger partial charge in [-0.2, -0.15) is 5.10 Å². The molecule has 3 aliphatic rings. The number of hydrogen-bond acceptors (Lipinski definition) is 11. The molecule has 2 aromatic heterocycles. The zero-order chi connectivity index (χ0) is 36.2. The average Bonchev–Trinajstić information content (AvgIpc) is 3.76. The van der Waals surface area contributed by atoms with Crippen LogP contribution in [0.3, 0.4) is 0 Å². The van der Waals surface area contributed by atoms with Crippen LogP contribution in [-0.4, -0.2) is 87.7 Å². The first-order valence-corrected chi connectivity index (χ1v) is 18.1. The third-order valence-electron chi connectivity index (χ3n) is 10.2. The van der Waals surface area contributed by atoms with E-state index in [1.165, 1.54) is 26.1 Å². The van der Waals surface area contributed by atoms with Crippen LogP contribution in [0.5, 0.6) is 11.5 Å². The molecule has 3 N–H and O–H groups in total. The van der Waals surface area contributed by atoms with E-state index < -0.39 is 5.97 Å². The van der Waals surface area contributed by atoms with E-state index in [2.05, 4.69) is 42.9 Å². The maximum atomic E-state index is 10.5. The molecule has 270 valence electrons. The van der Waals surface area contributed by atoms with Crippen molar-refractivity contribution < 1.29 is 19.1 Å². The van der Waals surface area contributed by atoms with E-state index in [0.717, 1.165) is 78.3 Å². The number of benzene rings is 3. The van der Waals surface area contributed by atoms with E-state index >= 15 is 0 Å². The second-order valence-electron chi connectivity index (χ2n) is 13.5. The van der Waals surface area contributed by atoms with Gasteiger partial charge in [0.15, 0.2) is 11.9 Å². The molecule has 3 aromatic carbocycles. The summed E-state index contributed by atoms with van der Waals surface area (Å²) in [6.07, 6.45) is 6.68. The average molecular weight is 723 g/mol. The molecule has 0 bridgehead atoms. The number of carbonyl (C=O) groups excluding carboxylic acids is 2. The van der Waals surface area contributed by atoms with Crippen LogP contribution in [0.25, 0.3) is 22.3 Å². The van der Waals surface area contributed by atoms with E-state index in [1.54, 1.807) is 24.3 Å². The zero-order valence-electron chi connectivity index (χ0n) is 29.4. The highest BCUT2D eigenvalue weighted by Gasteiger charge is 2.31. The number of carbonyl (C=O) groups is 2. The lowest BCUT2D eigenvalue weighted by Gasteiger charge is -2.41. The molecule has 1 unspecified atom stereocenters. The molecule has 1 saturated heterocycles. The van der Waals surface area contributed by atoms with Gasteiger partial charge in [0.05, 0.1) is 33.7 Å². The lowest BCUT2D eigenvalue weighted by molar-refractivity contribution is -0.131. The van der Waals surface area contributed by atoms with Gasteiger partial charge in [-0.25, -0.2) is 14.6 Å². The number of anilines is 2. The third kappa shape index (κ3) is 7.59. The van der Waals surface area contributed by atoms with Crippen molar-refractivity contribution in [3.8, 4) is 22.8 Å². The fourth-order valence-electron chi connectivity index (χ4n) is 7.38. The molecule has 5 aromatic rings. The number of likely N-dealkylation sites (N-methyl/N-ethyl adjacent to an activating group) is 1. The maximum Gasteiger partial charge on any atom is 0.308 e. The van der Waals surface area contributed by atoms with Crippen molar-refractivity contribution in [2.45, 2.75) is 50.7 Å². The molecular formula is C39H43ClN8O4.